The molecule has 0 fully saturated rings. The largest absolute Gasteiger partial charge is 0.497 e. The molecule has 2 rings (SSSR count). The van der Waals surface area contributed by atoms with Crippen LogP contribution in [0.15, 0.2) is 24.3 Å². The summed E-state index contributed by atoms with van der Waals surface area (Å²) in [6.45, 7) is 1.97. The van der Waals surface area contributed by atoms with Crippen LogP contribution in [0, 0.1) is 6.92 Å². The van der Waals surface area contributed by atoms with Gasteiger partial charge in [0, 0.05) is 17.0 Å². The fraction of sp³-hybridized carbons (Fsp3) is 0.250. The van der Waals surface area contributed by atoms with E-state index in [0.29, 0.717) is 5.88 Å². The second-order valence-electron chi connectivity index (χ2n) is 3.44. The lowest BCUT2D eigenvalue weighted by Crippen LogP contribution is -1.91. The molecular formula is C12H12ClNO. The smallest absolute Gasteiger partial charge is 0.119 e. The Balaban J connectivity index is 2.73. The average Bonchev–Trinajstić information content (AvgIpc) is 2.27. The monoisotopic (exact) mass is 221 g/mol. The molecule has 0 N–H and O–H groups in total. The highest BCUT2D eigenvalue weighted by atomic mass is 35.5. The number of nitrogens with zero attached hydrogens (tertiary/aromatic N) is 1. The summed E-state index contributed by atoms with van der Waals surface area (Å²) in [6.07, 6.45) is 0. The zero-order valence-corrected chi connectivity index (χ0v) is 9.51. The lowest BCUT2D eigenvalue weighted by molar-refractivity contribution is 0.415. The zero-order chi connectivity index (χ0) is 10.8. The SMILES string of the molecule is COc1ccc2nc(C)cc(CCl)c2c1. The number of hydrogen-bond donors (Lipinski definition) is 0. The number of alkyl halides is 1. The number of benzene rings is 1. The van der Waals surface area contributed by atoms with Gasteiger partial charge in [0.25, 0.3) is 0 Å². The Morgan fingerprint density at radius 2 is 2.13 bits per heavy atom. The second kappa shape index (κ2) is 4.07. The quantitative estimate of drug-likeness (QED) is 0.726. The highest BCUT2D eigenvalue weighted by molar-refractivity contribution is 6.18. The summed E-state index contributed by atoms with van der Waals surface area (Å²) in [6, 6.07) is 7.85. The predicted molar refractivity (Wildman–Crippen MR) is 62.6 cm³/mol. The topological polar surface area (TPSA) is 22.1 Å². The van der Waals surface area contributed by atoms with E-state index in [0.717, 1.165) is 27.9 Å². The molecule has 1 aromatic carbocycles. The first-order chi connectivity index (χ1) is 7.24. The van der Waals surface area contributed by atoms with Crippen molar-refractivity contribution in [2.24, 2.45) is 0 Å². The maximum atomic E-state index is 5.90. The van der Waals surface area contributed by atoms with Crippen LogP contribution in [0.1, 0.15) is 11.3 Å². The van der Waals surface area contributed by atoms with Gasteiger partial charge in [-0.2, -0.15) is 0 Å². The van der Waals surface area contributed by atoms with Gasteiger partial charge in [0.15, 0.2) is 0 Å². The molecule has 0 spiro atoms. The zero-order valence-electron chi connectivity index (χ0n) is 8.75. The van der Waals surface area contributed by atoms with Crippen LogP contribution >= 0.6 is 11.6 Å². The van der Waals surface area contributed by atoms with Crippen molar-refractivity contribution >= 4 is 22.5 Å². The van der Waals surface area contributed by atoms with Gasteiger partial charge in [0.05, 0.1) is 12.6 Å². The van der Waals surface area contributed by atoms with E-state index in [4.69, 9.17) is 16.3 Å². The van der Waals surface area contributed by atoms with Gasteiger partial charge in [-0.15, -0.1) is 11.6 Å². The van der Waals surface area contributed by atoms with E-state index in [1.54, 1.807) is 7.11 Å². The Kier molecular flexibility index (Phi) is 2.78. The van der Waals surface area contributed by atoms with Crippen molar-refractivity contribution in [3.8, 4) is 5.75 Å². The molecule has 0 aliphatic carbocycles. The number of halogens is 1. The molecule has 3 heteroatoms. The van der Waals surface area contributed by atoms with Crippen LogP contribution in [-0.2, 0) is 5.88 Å². The molecule has 0 aliphatic heterocycles. The van der Waals surface area contributed by atoms with Crippen LogP contribution in [0.5, 0.6) is 5.75 Å². The van der Waals surface area contributed by atoms with E-state index >= 15 is 0 Å². The van der Waals surface area contributed by atoms with Crippen molar-refractivity contribution < 1.29 is 4.74 Å². The highest BCUT2D eigenvalue weighted by Crippen LogP contribution is 2.24. The number of fused-ring (bicyclic) bond motifs is 1. The maximum absolute atomic E-state index is 5.90. The lowest BCUT2D eigenvalue weighted by atomic mass is 10.1. The van der Waals surface area contributed by atoms with Crippen LogP contribution in [0.2, 0.25) is 0 Å². The number of rotatable bonds is 2. The summed E-state index contributed by atoms with van der Waals surface area (Å²) in [4.78, 5) is 4.45. The van der Waals surface area contributed by atoms with E-state index in [1.807, 2.05) is 31.2 Å². The first kappa shape index (κ1) is 10.2. The molecule has 1 heterocycles. The van der Waals surface area contributed by atoms with Gasteiger partial charge in [0.1, 0.15) is 5.75 Å². The average molecular weight is 222 g/mol. The first-order valence-corrected chi connectivity index (χ1v) is 5.28. The molecule has 15 heavy (non-hydrogen) atoms. The molecule has 0 saturated heterocycles. The predicted octanol–water partition coefficient (Wildman–Crippen LogP) is 3.29. The summed E-state index contributed by atoms with van der Waals surface area (Å²) >= 11 is 5.90. The fourth-order valence-corrected chi connectivity index (χ4v) is 1.88. The van der Waals surface area contributed by atoms with Crippen molar-refractivity contribution in [2.45, 2.75) is 12.8 Å². The third-order valence-corrected chi connectivity index (χ3v) is 2.66. The number of hydrogen-bond acceptors (Lipinski definition) is 2. The molecule has 0 saturated carbocycles. The standard InChI is InChI=1S/C12H12ClNO/c1-8-5-9(7-13)11-6-10(15-2)3-4-12(11)14-8/h3-6H,7H2,1-2H3. The number of methoxy groups -OCH3 is 1. The van der Waals surface area contributed by atoms with Gasteiger partial charge in [0.2, 0.25) is 0 Å². The third-order valence-electron chi connectivity index (χ3n) is 2.37. The molecule has 0 bridgehead atoms. The maximum Gasteiger partial charge on any atom is 0.119 e. The van der Waals surface area contributed by atoms with Gasteiger partial charge in [-0.25, -0.2) is 0 Å². The minimum absolute atomic E-state index is 0.493. The summed E-state index contributed by atoms with van der Waals surface area (Å²) in [5, 5.41) is 1.06. The minimum atomic E-state index is 0.493. The Labute approximate surface area is 93.8 Å². The van der Waals surface area contributed by atoms with E-state index < -0.39 is 0 Å². The second-order valence-corrected chi connectivity index (χ2v) is 3.71. The van der Waals surface area contributed by atoms with Crippen LogP contribution < -0.4 is 4.74 Å². The normalized spacial score (nSPS) is 10.6. The van der Waals surface area contributed by atoms with E-state index in [9.17, 15) is 0 Å². The number of aromatic nitrogens is 1. The van der Waals surface area contributed by atoms with Gasteiger partial charge in [-0.05, 0) is 36.8 Å². The Hall–Kier alpha value is -1.28. The van der Waals surface area contributed by atoms with E-state index in [1.165, 1.54) is 0 Å². The Morgan fingerprint density at radius 1 is 1.33 bits per heavy atom. The minimum Gasteiger partial charge on any atom is -0.497 e. The summed E-state index contributed by atoms with van der Waals surface area (Å²) in [5.74, 6) is 1.33. The molecule has 2 nitrogen and oxygen atoms in total. The Morgan fingerprint density at radius 3 is 2.80 bits per heavy atom. The molecule has 1 aromatic heterocycles. The summed E-state index contributed by atoms with van der Waals surface area (Å²) < 4.78 is 5.18. The van der Waals surface area contributed by atoms with Crippen molar-refractivity contribution in [2.75, 3.05) is 7.11 Å². The van der Waals surface area contributed by atoms with Crippen LogP contribution in [0.25, 0.3) is 10.9 Å². The molecule has 0 amide bonds. The Bertz CT molecular complexity index is 496. The van der Waals surface area contributed by atoms with E-state index in [-0.39, 0.29) is 0 Å². The summed E-state index contributed by atoms with van der Waals surface area (Å²) in [7, 11) is 1.66. The van der Waals surface area contributed by atoms with Crippen molar-refractivity contribution in [1.82, 2.24) is 4.98 Å². The molecule has 78 valence electrons. The van der Waals surface area contributed by atoms with Gasteiger partial charge in [-0.3, -0.25) is 4.98 Å². The number of ether oxygens (including phenoxy) is 1. The van der Waals surface area contributed by atoms with Gasteiger partial charge < -0.3 is 4.74 Å². The van der Waals surface area contributed by atoms with Crippen LogP contribution in [-0.4, -0.2) is 12.1 Å². The molecule has 0 radical (unpaired) electrons. The summed E-state index contributed by atoms with van der Waals surface area (Å²) in [5.41, 5.74) is 3.05. The highest BCUT2D eigenvalue weighted by Gasteiger charge is 2.04. The number of pyridine rings is 1. The molecule has 0 unspecified atom stereocenters. The van der Waals surface area contributed by atoms with Crippen molar-refractivity contribution in [1.29, 1.82) is 0 Å². The molecule has 2 aromatic rings. The molecular weight excluding hydrogens is 210 g/mol. The van der Waals surface area contributed by atoms with E-state index in [2.05, 4.69) is 4.98 Å². The van der Waals surface area contributed by atoms with Crippen LogP contribution in [0.3, 0.4) is 0 Å². The lowest BCUT2D eigenvalue weighted by Gasteiger charge is -2.06. The molecule has 0 aliphatic rings. The number of aryl methyl sites for hydroxylation is 1. The van der Waals surface area contributed by atoms with Gasteiger partial charge >= 0.3 is 0 Å². The third kappa shape index (κ3) is 1.90. The van der Waals surface area contributed by atoms with Crippen molar-refractivity contribution in [3.63, 3.8) is 0 Å². The fourth-order valence-electron chi connectivity index (χ4n) is 1.66. The first-order valence-electron chi connectivity index (χ1n) is 4.75. The molecule has 0 atom stereocenters. The van der Waals surface area contributed by atoms with Crippen molar-refractivity contribution in [3.05, 3.63) is 35.5 Å². The van der Waals surface area contributed by atoms with Crippen LogP contribution in [0.4, 0.5) is 0 Å². The van der Waals surface area contributed by atoms with Gasteiger partial charge in [-0.1, -0.05) is 0 Å².